The number of para-hydroxylation sites is 1. The second kappa shape index (κ2) is 6.16. The monoisotopic (exact) mass is 252 g/mol. The van der Waals surface area contributed by atoms with Crippen molar-refractivity contribution in [2.24, 2.45) is 5.92 Å². The first-order chi connectivity index (χ1) is 8.72. The molecule has 1 aliphatic rings. The molecule has 1 aliphatic heterocycles. The van der Waals surface area contributed by atoms with Crippen molar-refractivity contribution >= 4 is 5.69 Å². The lowest BCUT2D eigenvalue weighted by Crippen LogP contribution is -2.46. The molecular weight excluding hydrogens is 231 g/mol. The van der Waals surface area contributed by atoms with E-state index in [1.807, 2.05) is 31.1 Å². The predicted octanol–water partition coefficient (Wildman–Crippen LogP) is 1.89. The zero-order valence-electron chi connectivity index (χ0n) is 11.0. The summed E-state index contributed by atoms with van der Waals surface area (Å²) in [4.78, 5) is 1.97. The number of hydrogen-bond acceptors (Lipinski definition) is 3. The lowest BCUT2D eigenvalue weighted by atomic mass is 9.95. The van der Waals surface area contributed by atoms with Crippen LogP contribution in [0.5, 0.6) is 0 Å². The van der Waals surface area contributed by atoms with Gasteiger partial charge in [-0.3, -0.25) is 0 Å². The van der Waals surface area contributed by atoms with Crippen LogP contribution < -0.4 is 10.2 Å². The Labute approximate surface area is 108 Å². The lowest BCUT2D eigenvalue weighted by Gasteiger charge is -2.34. The number of rotatable bonds is 4. The molecule has 1 saturated heterocycles. The maximum absolute atomic E-state index is 13.7. The van der Waals surface area contributed by atoms with Crippen molar-refractivity contribution in [3.63, 3.8) is 0 Å². The van der Waals surface area contributed by atoms with Crippen LogP contribution in [0, 0.1) is 11.7 Å². The topological polar surface area (TPSA) is 24.5 Å². The van der Waals surface area contributed by atoms with Crippen LogP contribution in [0.3, 0.4) is 0 Å². The molecule has 100 valence electrons. The molecule has 1 N–H and O–H groups in total. The maximum atomic E-state index is 13.7. The Morgan fingerprint density at radius 1 is 1.44 bits per heavy atom. The van der Waals surface area contributed by atoms with E-state index in [2.05, 4.69) is 5.32 Å². The fraction of sp³-hybridized carbons (Fsp3) is 0.571. The van der Waals surface area contributed by atoms with Crippen molar-refractivity contribution in [2.75, 3.05) is 38.8 Å². The highest BCUT2D eigenvalue weighted by Crippen LogP contribution is 2.21. The normalized spacial score (nSPS) is 23.9. The molecule has 0 bridgehead atoms. The molecule has 0 amide bonds. The SMILES string of the molecule is CNC1CCOCC1CN(C)c1ccccc1F. The summed E-state index contributed by atoms with van der Waals surface area (Å²) in [7, 11) is 3.91. The molecule has 2 rings (SSSR count). The third-order valence-electron chi connectivity index (χ3n) is 3.62. The Morgan fingerprint density at radius 2 is 2.22 bits per heavy atom. The van der Waals surface area contributed by atoms with Crippen LogP contribution in [-0.4, -0.2) is 39.9 Å². The summed E-state index contributed by atoms with van der Waals surface area (Å²) in [5, 5.41) is 3.33. The minimum atomic E-state index is -0.169. The van der Waals surface area contributed by atoms with Crippen LogP contribution in [0.2, 0.25) is 0 Å². The number of benzene rings is 1. The van der Waals surface area contributed by atoms with E-state index < -0.39 is 0 Å². The molecule has 1 aromatic carbocycles. The number of nitrogens with zero attached hydrogens (tertiary/aromatic N) is 1. The zero-order chi connectivity index (χ0) is 13.0. The van der Waals surface area contributed by atoms with E-state index in [9.17, 15) is 4.39 Å². The molecule has 1 aromatic rings. The molecule has 0 saturated carbocycles. The van der Waals surface area contributed by atoms with Crippen molar-refractivity contribution in [3.05, 3.63) is 30.1 Å². The minimum absolute atomic E-state index is 0.169. The van der Waals surface area contributed by atoms with Gasteiger partial charge in [-0.2, -0.15) is 0 Å². The smallest absolute Gasteiger partial charge is 0.146 e. The number of anilines is 1. The van der Waals surface area contributed by atoms with E-state index in [1.54, 1.807) is 6.07 Å². The first-order valence-corrected chi connectivity index (χ1v) is 6.43. The first kappa shape index (κ1) is 13.3. The van der Waals surface area contributed by atoms with Gasteiger partial charge in [0, 0.05) is 32.2 Å². The molecular formula is C14H21FN2O. The largest absolute Gasteiger partial charge is 0.381 e. The van der Waals surface area contributed by atoms with Gasteiger partial charge in [-0.05, 0) is 25.6 Å². The Bertz CT molecular complexity index is 386. The summed E-state index contributed by atoms with van der Waals surface area (Å²) in [6.45, 7) is 2.35. The van der Waals surface area contributed by atoms with Gasteiger partial charge in [0.25, 0.3) is 0 Å². The van der Waals surface area contributed by atoms with Crippen LogP contribution in [0.15, 0.2) is 24.3 Å². The second-order valence-electron chi connectivity index (χ2n) is 4.85. The third kappa shape index (κ3) is 3.00. The van der Waals surface area contributed by atoms with Gasteiger partial charge in [0.05, 0.1) is 12.3 Å². The molecule has 0 aromatic heterocycles. The highest BCUT2D eigenvalue weighted by atomic mass is 19.1. The Morgan fingerprint density at radius 3 is 2.94 bits per heavy atom. The van der Waals surface area contributed by atoms with E-state index in [0.717, 1.165) is 26.2 Å². The van der Waals surface area contributed by atoms with Gasteiger partial charge >= 0.3 is 0 Å². The number of hydrogen-bond donors (Lipinski definition) is 1. The van der Waals surface area contributed by atoms with E-state index in [1.165, 1.54) is 6.07 Å². The second-order valence-corrected chi connectivity index (χ2v) is 4.85. The maximum Gasteiger partial charge on any atom is 0.146 e. The Hall–Kier alpha value is -1.13. The first-order valence-electron chi connectivity index (χ1n) is 6.43. The molecule has 18 heavy (non-hydrogen) atoms. The molecule has 4 heteroatoms. The van der Waals surface area contributed by atoms with Crippen molar-refractivity contribution in [1.29, 1.82) is 0 Å². The van der Waals surface area contributed by atoms with Crippen molar-refractivity contribution in [2.45, 2.75) is 12.5 Å². The predicted molar refractivity (Wildman–Crippen MR) is 71.4 cm³/mol. The molecule has 1 heterocycles. The molecule has 1 fully saturated rings. The molecule has 3 nitrogen and oxygen atoms in total. The summed E-state index contributed by atoms with van der Waals surface area (Å²) in [5.41, 5.74) is 0.651. The standard InChI is InChI=1S/C14H21FN2O/c1-16-13-7-8-18-10-11(13)9-17(2)14-6-4-3-5-12(14)15/h3-6,11,13,16H,7-10H2,1-2H3. The van der Waals surface area contributed by atoms with Gasteiger partial charge in [-0.15, -0.1) is 0 Å². The number of nitrogens with one attached hydrogen (secondary N) is 1. The third-order valence-corrected chi connectivity index (χ3v) is 3.62. The van der Waals surface area contributed by atoms with E-state index in [-0.39, 0.29) is 5.82 Å². The van der Waals surface area contributed by atoms with Crippen LogP contribution in [0.1, 0.15) is 6.42 Å². The van der Waals surface area contributed by atoms with Gasteiger partial charge in [0.1, 0.15) is 5.82 Å². The van der Waals surface area contributed by atoms with Crippen molar-refractivity contribution in [1.82, 2.24) is 5.32 Å². The fourth-order valence-electron chi connectivity index (χ4n) is 2.57. The van der Waals surface area contributed by atoms with Gasteiger partial charge in [-0.1, -0.05) is 12.1 Å². The van der Waals surface area contributed by atoms with Gasteiger partial charge < -0.3 is 15.0 Å². The van der Waals surface area contributed by atoms with E-state index in [4.69, 9.17) is 4.74 Å². The van der Waals surface area contributed by atoms with Crippen LogP contribution in [0.4, 0.5) is 10.1 Å². The summed E-state index contributed by atoms with van der Waals surface area (Å²) >= 11 is 0. The Kier molecular flexibility index (Phi) is 4.55. The van der Waals surface area contributed by atoms with Gasteiger partial charge in [0.15, 0.2) is 0 Å². The minimum Gasteiger partial charge on any atom is -0.381 e. The average molecular weight is 252 g/mol. The van der Waals surface area contributed by atoms with Crippen LogP contribution >= 0.6 is 0 Å². The van der Waals surface area contributed by atoms with Crippen molar-refractivity contribution < 1.29 is 9.13 Å². The van der Waals surface area contributed by atoms with Crippen LogP contribution in [0.25, 0.3) is 0 Å². The molecule has 0 radical (unpaired) electrons. The van der Waals surface area contributed by atoms with Gasteiger partial charge in [-0.25, -0.2) is 4.39 Å². The number of halogens is 1. The van der Waals surface area contributed by atoms with Gasteiger partial charge in [0.2, 0.25) is 0 Å². The van der Waals surface area contributed by atoms with Crippen LogP contribution in [-0.2, 0) is 4.74 Å². The highest BCUT2D eigenvalue weighted by molar-refractivity contribution is 5.46. The summed E-state index contributed by atoms with van der Waals surface area (Å²) in [6.07, 6.45) is 1.02. The molecule has 2 atom stereocenters. The fourth-order valence-corrected chi connectivity index (χ4v) is 2.57. The summed E-state index contributed by atoms with van der Waals surface area (Å²) in [5.74, 6) is 0.228. The Balaban J connectivity index is 2.02. The van der Waals surface area contributed by atoms with E-state index in [0.29, 0.717) is 17.6 Å². The molecule has 0 aliphatic carbocycles. The zero-order valence-corrected chi connectivity index (χ0v) is 11.0. The molecule has 2 unspecified atom stereocenters. The lowest BCUT2D eigenvalue weighted by molar-refractivity contribution is 0.0370. The quantitative estimate of drug-likeness (QED) is 0.885. The van der Waals surface area contributed by atoms with E-state index >= 15 is 0 Å². The molecule has 0 spiro atoms. The summed E-state index contributed by atoms with van der Waals surface area (Å²) in [6, 6.07) is 7.34. The van der Waals surface area contributed by atoms with Crippen molar-refractivity contribution in [3.8, 4) is 0 Å². The number of ether oxygens (including phenoxy) is 1. The average Bonchev–Trinajstić information content (AvgIpc) is 2.39. The highest BCUT2D eigenvalue weighted by Gasteiger charge is 2.26. The summed E-state index contributed by atoms with van der Waals surface area (Å²) < 4.78 is 19.2.